The van der Waals surface area contributed by atoms with Gasteiger partial charge >= 0.3 is 12.4 Å². The van der Waals surface area contributed by atoms with Crippen LogP contribution in [-0.2, 0) is 24.1 Å². The number of aromatic nitrogens is 2. The van der Waals surface area contributed by atoms with Gasteiger partial charge in [-0.05, 0) is 24.6 Å². The van der Waals surface area contributed by atoms with Crippen LogP contribution in [0.5, 0.6) is 0 Å². The van der Waals surface area contributed by atoms with Crippen molar-refractivity contribution in [2.45, 2.75) is 36.2 Å². The summed E-state index contributed by atoms with van der Waals surface area (Å²) in [5.74, 6) is -0.502. The van der Waals surface area contributed by atoms with Gasteiger partial charge in [0.1, 0.15) is 5.03 Å². The van der Waals surface area contributed by atoms with Crippen LogP contribution in [0, 0.1) is 11.3 Å². The number of nitrogens with two attached hydrogens (primary N) is 1. The SMILES string of the molecule is CCc1nc(COC(N)=O)n(C(F)(F)F)c1Sc1cc(Cl)cc(C#N)c1. The molecule has 6 nitrogen and oxygen atoms in total. The quantitative estimate of drug-likeness (QED) is 0.806. The first-order valence-electron chi connectivity index (χ1n) is 7.14. The summed E-state index contributed by atoms with van der Waals surface area (Å²) in [6, 6.07) is 6.16. The van der Waals surface area contributed by atoms with Crippen LogP contribution in [0.2, 0.25) is 5.02 Å². The van der Waals surface area contributed by atoms with E-state index >= 15 is 0 Å². The third-order valence-corrected chi connectivity index (χ3v) is 4.42. The maximum absolute atomic E-state index is 13.6. The number of primary amides is 1. The molecule has 0 fully saturated rings. The lowest BCUT2D eigenvalue weighted by Crippen LogP contribution is -2.22. The summed E-state index contributed by atoms with van der Waals surface area (Å²) in [6.45, 7) is 0.923. The Hall–Kier alpha value is -2.38. The Bertz CT molecular complexity index is 877. The van der Waals surface area contributed by atoms with Crippen LogP contribution in [-0.4, -0.2) is 15.6 Å². The van der Waals surface area contributed by atoms with Gasteiger partial charge in [-0.3, -0.25) is 0 Å². The number of carbonyl (C=O) groups excluding carboxylic acids is 1. The Balaban J connectivity index is 2.54. The molecule has 0 aliphatic heterocycles. The summed E-state index contributed by atoms with van der Waals surface area (Å²) in [4.78, 5) is 15.0. The minimum absolute atomic E-state index is 0.0341. The zero-order chi connectivity index (χ0) is 19.5. The predicted molar refractivity (Wildman–Crippen MR) is 87.6 cm³/mol. The molecule has 1 aromatic heterocycles. The van der Waals surface area contributed by atoms with Crippen molar-refractivity contribution in [1.82, 2.24) is 9.55 Å². The van der Waals surface area contributed by atoms with Crippen molar-refractivity contribution >= 4 is 29.5 Å². The molecule has 1 amide bonds. The number of nitriles is 1. The first-order chi connectivity index (χ1) is 12.2. The van der Waals surface area contributed by atoms with E-state index in [1.165, 1.54) is 18.2 Å². The Morgan fingerprint density at radius 3 is 2.69 bits per heavy atom. The van der Waals surface area contributed by atoms with Crippen LogP contribution >= 0.6 is 23.4 Å². The second kappa shape index (κ2) is 7.88. The lowest BCUT2D eigenvalue weighted by molar-refractivity contribution is -0.211. The summed E-state index contributed by atoms with van der Waals surface area (Å²) < 4.78 is 45.2. The number of halogens is 4. The van der Waals surface area contributed by atoms with Gasteiger partial charge in [0.05, 0.1) is 17.3 Å². The molecule has 0 unspecified atom stereocenters. The third kappa shape index (κ3) is 4.62. The molecular formula is C15H12ClF3N4O2S. The van der Waals surface area contributed by atoms with E-state index in [9.17, 15) is 18.0 Å². The number of benzene rings is 1. The number of hydrogen-bond donors (Lipinski definition) is 1. The van der Waals surface area contributed by atoms with Gasteiger partial charge in [0.2, 0.25) is 0 Å². The van der Waals surface area contributed by atoms with Crippen molar-refractivity contribution in [2.75, 3.05) is 0 Å². The molecular weight excluding hydrogens is 393 g/mol. The number of imidazole rings is 1. The van der Waals surface area contributed by atoms with Gasteiger partial charge in [-0.2, -0.15) is 5.26 Å². The van der Waals surface area contributed by atoms with Gasteiger partial charge in [0.25, 0.3) is 0 Å². The highest BCUT2D eigenvalue weighted by Gasteiger charge is 2.38. The Morgan fingerprint density at radius 2 is 2.15 bits per heavy atom. The monoisotopic (exact) mass is 404 g/mol. The number of nitrogens with zero attached hydrogens (tertiary/aromatic N) is 3. The van der Waals surface area contributed by atoms with Crippen LogP contribution in [0.3, 0.4) is 0 Å². The summed E-state index contributed by atoms with van der Waals surface area (Å²) >= 11 is 6.67. The summed E-state index contributed by atoms with van der Waals surface area (Å²) in [5.41, 5.74) is 5.20. The zero-order valence-electron chi connectivity index (χ0n) is 13.3. The van der Waals surface area contributed by atoms with Crippen molar-refractivity contribution in [3.63, 3.8) is 0 Å². The number of amides is 1. The van der Waals surface area contributed by atoms with E-state index in [0.29, 0.717) is 4.90 Å². The van der Waals surface area contributed by atoms with E-state index in [-0.39, 0.29) is 32.3 Å². The van der Waals surface area contributed by atoms with Crippen LogP contribution in [0.1, 0.15) is 24.0 Å². The molecule has 2 rings (SSSR count). The fourth-order valence-electron chi connectivity index (χ4n) is 2.13. The fraction of sp³-hybridized carbons (Fsp3) is 0.267. The summed E-state index contributed by atoms with van der Waals surface area (Å²) in [6.07, 6.45) is -5.79. The number of hydrogen-bond acceptors (Lipinski definition) is 5. The zero-order valence-corrected chi connectivity index (χ0v) is 14.9. The molecule has 0 atom stereocenters. The third-order valence-electron chi connectivity index (χ3n) is 3.12. The van der Waals surface area contributed by atoms with E-state index < -0.39 is 24.8 Å². The van der Waals surface area contributed by atoms with Crippen LogP contribution < -0.4 is 5.73 Å². The molecule has 0 spiro atoms. The molecule has 138 valence electrons. The van der Waals surface area contributed by atoms with Gasteiger partial charge in [-0.15, -0.1) is 13.2 Å². The molecule has 1 aromatic carbocycles. The van der Waals surface area contributed by atoms with Gasteiger partial charge < -0.3 is 10.5 Å². The summed E-state index contributed by atoms with van der Waals surface area (Å²) in [7, 11) is 0. The molecule has 2 N–H and O–H groups in total. The average molecular weight is 405 g/mol. The minimum Gasteiger partial charge on any atom is -0.442 e. The highest BCUT2D eigenvalue weighted by molar-refractivity contribution is 7.99. The first kappa shape index (κ1) is 19.9. The topological polar surface area (TPSA) is 93.9 Å². The van der Waals surface area contributed by atoms with Gasteiger partial charge in [-0.25, -0.2) is 14.3 Å². The molecule has 0 aliphatic carbocycles. The van der Waals surface area contributed by atoms with Crippen molar-refractivity contribution in [3.05, 3.63) is 40.3 Å². The molecule has 0 aliphatic rings. The smallest absolute Gasteiger partial charge is 0.442 e. The Labute approximate surface area is 155 Å². The lowest BCUT2D eigenvalue weighted by Gasteiger charge is -2.15. The number of carbonyl (C=O) groups is 1. The Morgan fingerprint density at radius 1 is 1.46 bits per heavy atom. The van der Waals surface area contributed by atoms with E-state index in [2.05, 4.69) is 9.72 Å². The molecule has 0 saturated heterocycles. The second-order valence-corrected chi connectivity index (χ2v) is 6.43. The number of rotatable bonds is 5. The van der Waals surface area contributed by atoms with Gasteiger partial charge in [0, 0.05) is 9.92 Å². The maximum Gasteiger partial charge on any atom is 0.490 e. The van der Waals surface area contributed by atoms with Crippen molar-refractivity contribution in [3.8, 4) is 6.07 Å². The Kier molecular flexibility index (Phi) is 6.05. The molecule has 26 heavy (non-hydrogen) atoms. The largest absolute Gasteiger partial charge is 0.490 e. The molecule has 11 heteroatoms. The van der Waals surface area contributed by atoms with E-state index in [4.69, 9.17) is 22.6 Å². The van der Waals surface area contributed by atoms with Gasteiger partial charge in [-0.1, -0.05) is 30.3 Å². The normalized spacial score (nSPS) is 11.2. The van der Waals surface area contributed by atoms with Crippen LogP contribution in [0.15, 0.2) is 28.1 Å². The van der Waals surface area contributed by atoms with Crippen molar-refractivity contribution in [2.24, 2.45) is 5.73 Å². The number of aryl methyl sites for hydroxylation is 1. The highest BCUT2D eigenvalue weighted by atomic mass is 35.5. The first-order valence-corrected chi connectivity index (χ1v) is 8.33. The average Bonchev–Trinajstić information content (AvgIpc) is 2.89. The predicted octanol–water partition coefficient (Wildman–Crippen LogP) is 4.19. The molecule has 0 radical (unpaired) electrons. The van der Waals surface area contributed by atoms with E-state index in [1.54, 1.807) is 6.92 Å². The van der Waals surface area contributed by atoms with Crippen molar-refractivity contribution in [1.29, 1.82) is 5.26 Å². The molecule has 1 heterocycles. The van der Waals surface area contributed by atoms with Gasteiger partial charge in [0.15, 0.2) is 12.4 Å². The highest BCUT2D eigenvalue weighted by Crippen LogP contribution is 2.39. The second-order valence-electron chi connectivity index (χ2n) is 4.93. The number of ether oxygens (including phenoxy) is 1. The standard InChI is InChI=1S/C15H12ClF3N4O2S/c1-2-11-13(26-10-4-8(6-20)3-9(16)5-10)23(15(17,18)19)12(22-11)7-25-14(21)24/h3-5H,2,7H2,1H3,(H2,21,24). The molecule has 0 bridgehead atoms. The minimum atomic E-state index is -4.80. The summed E-state index contributed by atoms with van der Waals surface area (Å²) in [5, 5.41) is 9.01. The number of alkyl halides is 3. The van der Waals surface area contributed by atoms with Crippen LogP contribution in [0.4, 0.5) is 18.0 Å². The lowest BCUT2D eigenvalue weighted by atomic mass is 10.2. The van der Waals surface area contributed by atoms with Crippen LogP contribution in [0.25, 0.3) is 0 Å². The molecule has 2 aromatic rings. The van der Waals surface area contributed by atoms with E-state index in [0.717, 1.165) is 11.8 Å². The van der Waals surface area contributed by atoms with Crippen molar-refractivity contribution < 1.29 is 22.7 Å². The fourth-order valence-corrected chi connectivity index (χ4v) is 3.63. The van der Waals surface area contributed by atoms with E-state index in [1.807, 2.05) is 6.07 Å². The maximum atomic E-state index is 13.6. The molecule has 0 saturated carbocycles.